The standard InChI is InChI=1S/C15H16F2N2O/c1-20-13-6-3-10(4-7-13)15(19-18)8-11-2-5-12(16)9-14(11)17/h2-7,9,15,19H,8,18H2,1H3. The zero-order valence-corrected chi connectivity index (χ0v) is 11.1. The summed E-state index contributed by atoms with van der Waals surface area (Å²) in [7, 11) is 1.58. The number of hydrogen-bond acceptors (Lipinski definition) is 3. The molecule has 2 aromatic carbocycles. The number of hydrogen-bond donors (Lipinski definition) is 2. The SMILES string of the molecule is COc1ccc(C(Cc2ccc(F)cc2F)NN)cc1. The molecular weight excluding hydrogens is 262 g/mol. The molecule has 0 bridgehead atoms. The van der Waals surface area contributed by atoms with E-state index in [1.165, 1.54) is 12.1 Å². The fourth-order valence-electron chi connectivity index (χ4n) is 2.02. The van der Waals surface area contributed by atoms with Gasteiger partial charge in [0.1, 0.15) is 17.4 Å². The maximum atomic E-state index is 13.7. The van der Waals surface area contributed by atoms with E-state index in [0.717, 1.165) is 17.4 Å². The zero-order valence-electron chi connectivity index (χ0n) is 11.1. The number of ether oxygens (including phenoxy) is 1. The first-order valence-electron chi connectivity index (χ1n) is 6.18. The zero-order chi connectivity index (χ0) is 14.5. The highest BCUT2D eigenvalue weighted by atomic mass is 19.1. The van der Waals surface area contributed by atoms with Crippen molar-refractivity contribution in [3.63, 3.8) is 0 Å². The highest BCUT2D eigenvalue weighted by Gasteiger charge is 2.13. The van der Waals surface area contributed by atoms with E-state index >= 15 is 0 Å². The molecule has 3 N–H and O–H groups in total. The van der Waals surface area contributed by atoms with Gasteiger partial charge in [-0.2, -0.15) is 0 Å². The van der Waals surface area contributed by atoms with Crippen molar-refractivity contribution in [2.75, 3.05) is 7.11 Å². The van der Waals surface area contributed by atoms with Gasteiger partial charge in [0, 0.05) is 6.07 Å². The lowest BCUT2D eigenvalue weighted by Crippen LogP contribution is -2.29. The molecule has 0 aromatic heterocycles. The second-order valence-electron chi connectivity index (χ2n) is 4.43. The fourth-order valence-corrected chi connectivity index (χ4v) is 2.02. The van der Waals surface area contributed by atoms with Crippen LogP contribution in [0.5, 0.6) is 5.75 Å². The molecule has 5 heteroatoms. The minimum absolute atomic E-state index is 0.263. The highest BCUT2D eigenvalue weighted by molar-refractivity contribution is 5.30. The van der Waals surface area contributed by atoms with Gasteiger partial charge < -0.3 is 4.74 Å². The van der Waals surface area contributed by atoms with Crippen LogP contribution in [0.2, 0.25) is 0 Å². The van der Waals surface area contributed by atoms with E-state index in [1.807, 2.05) is 12.1 Å². The largest absolute Gasteiger partial charge is 0.497 e. The van der Waals surface area contributed by atoms with Crippen LogP contribution in [0.1, 0.15) is 17.2 Å². The summed E-state index contributed by atoms with van der Waals surface area (Å²) in [6, 6.07) is 10.6. The topological polar surface area (TPSA) is 47.3 Å². The van der Waals surface area contributed by atoms with Gasteiger partial charge in [0.25, 0.3) is 0 Å². The molecule has 0 saturated heterocycles. The summed E-state index contributed by atoms with van der Waals surface area (Å²) >= 11 is 0. The lowest BCUT2D eigenvalue weighted by molar-refractivity contribution is 0.414. The number of nitrogens with one attached hydrogen (secondary N) is 1. The lowest BCUT2D eigenvalue weighted by Gasteiger charge is -2.17. The number of benzene rings is 2. The Kier molecular flexibility index (Phi) is 4.65. The van der Waals surface area contributed by atoms with Gasteiger partial charge in [-0.05, 0) is 35.7 Å². The molecule has 3 nitrogen and oxygen atoms in total. The van der Waals surface area contributed by atoms with Crippen LogP contribution in [0.4, 0.5) is 8.78 Å². The molecule has 0 spiro atoms. The molecule has 0 aliphatic rings. The van der Waals surface area contributed by atoms with Gasteiger partial charge in [-0.1, -0.05) is 18.2 Å². The van der Waals surface area contributed by atoms with Gasteiger partial charge in [0.2, 0.25) is 0 Å². The Labute approximate surface area is 116 Å². The van der Waals surface area contributed by atoms with Crippen molar-refractivity contribution >= 4 is 0 Å². The normalized spacial score (nSPS) is 12.2. The Hall–Kier alpha value is -1.98. The van der Waals surface area contributed by atoms with Crippen molar-refractivity contribution in [2.24, 2.45) is 5.84 Å². The smallest absolute Gasteiger partial charge is 0.129 e. The van der Waals surface area contributed by atoms with Crippen molar-refractivity contribution in [2.45, 2.75) is 12.5 Å². The quantitative estimate of drug-likeness (QED) is 0.653. The Morgan fingerprint density at radius 2 is 1.85 bits per heavy atom. The molecular formula is C15H16F2N2O. The third-order valence-corrected chi connectivity index (χ3v) is 3.16. The summed E-state index contributed by atoms with van der Waals surface area (Å²) in [5.74, 6) is 5.10. The van der Waals surface area contributed by atoms with Crippen LogP contribution in [0.25, 0.3) is 0 Å². The molecule has 20 heavy (non-hydrogen) atoms. The van der Waals surface area contributed by atoms with Crippen molar-refractivity contribution < 1.29 is 13.5 Å². The van der Waals surface area contributed by atoms with Crippen LogP contribution in [-0.2, 0) is 6.42 Å². The molecule has 0 radical (unpaired) electrons. The summed E-state index contributed by atoms with van der Waals surface area (Å²) in [5.41, 5.74) is 3.95. The predicted molar refractivity (Wildman–Crippen MR) is 73.1 cm³/mol. The summed E-state index contributed by atoms with van der Waals surface area (Å²) < 4.78 is 31.6. The minimum Gasteiger partial charge on any atom is -0.497 e. The molecule has 1 unspecified atom stereocenters. The Morgan fingerprint density at radius 1 is 1.15 bits per heavy atom. The molecule has 2 aromatic rings. The van der Waals surface area contributed by atoms with E-state index in [2.05, 4.69) is 5.43 Å². The highest BCUT2D eigenvalue weighted by Crippen LogP contribution is 2.22. The van der Waals surface area contributed by atoms with Crippen LogP contribution >= 0.6 is 0 Å². The van der Waals surface area contributed by atoms with E-state index in [9.17, 15) is 8.78 Å². The monoisotopic (exact) mass is 278 g/mol. The van der Waals surface area contributed by atoms with E-state index in [1.54, 1.807) is 19.2 Å². The van der Waals surface area contributed by atoms with Crippen molar-refractivity contribution in [3.05, 3.63) is 65.2 Å². The average Bonchev–Trinajstić information content (AvgIpc) is 2.47. The number of hydrazine groups is 1. The van der Waals surface area contributed by atoms with Gasteiger partial charge in [-0.15, -0.1) is 0 Å². The van der Waals surface area contributed by atoms with Crippen molar-refractivity contribution in [3.8, 4) is 5.75 Å². The van der Waals surface area contributed by atoms with Crippen molar-refractivity contribution in [1.82, 2.24) is 5.43 Å². The molecule has 0 aliphatic heterocycles. The summed E-state index contributed by atoms with van der Waals surface area (Å²) in [6.45, 7) is 0. The van der Waals surface area contributed by atoms with Crippen LogP contribution in [0.15, 0.2) is 42.5 Å². The first-order chi connectivity index (χ1) is 9.63. The molecule has 1 atom stereocenters. The summed E-state index contributed by atoms with van der Waals surface area (Å²) in [6.07, 6.45) is 0.328. The number of halogens is 2. The second-order valence-corrected chi connectivity index (χ2v) is 4.43. The van der Waals surface area contributed by atoms with E-state index in [4.69, 9.17) is 10.6 Å². The Morgan fingerprint density at radius 3 is 2.40 bits per heavy atom. The first kappa shape index (κ1) is 14.4. The van der Waals surface area contributed by atoms with Crippen molar-refractivity contribution in [1.29, 1.82) is 0 Å². The lowest BCUT2D eigenvalue weighted by atomic mass is 9.99. The van der Waals surface area contributed by atoms with Crippen LogP contribution < -0.4 is 16.0 Å². The third kappa shape index (κ3) is 3.31. The molecule has 0 amide bonds. The molecule has 0 saturated carbocycles. The van der Waals surface area contributed by atoms with Crippen LogP contribution in [-0.4, -0.2) is 7.11 Å². The molecule has 0 heterocycles. The molecule has 2 rings (SSSR count). The van der Waals surface area contributed by atoms with Gasteiger partial charge in [-0.3, -0.25) is 11.3 Å². The fraction of sp³-hybridized carbons (Fsp3) is 0.200. The van der Waals surface area contributed by atoms with Crippen LogP contribution in [0.3, 0.4) is 0 Å². The van der Waals surface area contributed by atoms with E-state index in [0.29, 0.717) is 12.0 Å². The molecule has 0 aliphatic carbocycles. The summed E-state index contributed by atoms with van der Waals surface area (Å²) in [4.78, 5) is 0. The Balaban J connectivity index is 2.19. The van der Waals surface area contributed by atoms with Gasteiger partial charge in [-0.25, -0.2) is 8.78 Å². The van der Waals surface area contributed by atoms with E-state index in [-0.39, 0.29) is 6.04 Å². The summed E-state index contributed by atoms with van der Waals surface area (Å²) in [5, 5.41) is 0. The maximum absolute atomic E-state index is 13.7. The average molecular weight is 278 g/mol. The van der Waals surface area contributed by atoms with E-state index < -0.39 is 11.6 Å². The van der Waals surface area contributed by atoms with Gasteiger partial charge in [0.05, 0.1) is 13.2 Å². The third-order valence-electron chi connectivity index (χ3n) is 3.16. The molecule has 106 valence electrons. The van der Waals surface area contributed by atoms with Gasteiger partial charge >= 0.3 is 0 Å². The Bertz CT molecular complexity index is 573. The second kappa shape index (κ2) is 6.45. The maximum Gasteiger partial charge on any atom is 0.129 e. The van der Waals surface area contributed by atoms with Gasteiger partial charge in [0.15, 0.2) is 0 Å². The minimum atomic E-state index is -0.590. The predicted octanol–water partition coefficient (Wildman–Crippen LogP) is 2.72. The number of rotatable bonds is 5. The first-order valence-corrected chi connectivity index (χ1v) is 6.18. The number of methoxy groups -OCH3 is 1. The number of nitrogens with two attached hydrogens (primary N) is 1. The molecule has 0 fully saturated rings. The van der Waals surface area contributed by atoms with Crippen LogP contribution in [0, 0.1) is 11.6 Å².